The minimum atomic E-state index is -4.41. The number of anilines is 1. The third-order valence-electron chi connectivity index (χ3n) is 4.90. The van der Waals surface area contributed by atoms with Gasteiger partial charge in [0.2, 0.25) is 0 Å². The van der Waals surface area contributed by atoms with Gasteiger partial charge in [0.15, 0.2) is 0 Å². The van der Waals surface area contributed by atoms with Crippen LogP contribution in [0.3, 0.4) is 0 Å². The molecule has 0 aliphatic carbocycles. The smallest absolute Gasteiger partial charge is 0.389 e. The molecular weight excluding hydrogens is 339 g/mol. The van der Waals surface area contributed by atoms with E-state index in [9.17, 15) is 28.5 Å². The van der Waals surface area contributed by atoms with Crippen LogP contribution in [0.2, 0.25) is 0 Å². The van der Waals surface area contributed by atoms with Gasteiger partial charge in [-0.15, -0.1) is 0 Å². The van der Waals surface area contributed by atoms with Crippen molar-refractivity contribution in [2.45, 2.75) is 30.9 Å². The quantitative estimate of drug-likeness (QED) is 0.720. The number of aliphatic hydroxyl groups is 3. The van der Waals surface area contributed by atoms with E-state index < -0.39 is 30.1 Å². The van der Waals surface area contributed by atoms with Crippen LogP contribution in [0.15, 0.2) is 18.5 Å². The molecule has 2 unspecified atom stereocenters. The number of hydrogen-bond donors (Lipinski definition) is 3. The summed E-state index contributed by atoms with van der Waals surface area (Å²) in [5.74, 6) is 0.212. The van der Waals surface area contributed by atoms with Crippen LogP contribution in [0.4, 0.5) is 18.9 Å². The molecule has 1 aromatic rings. The lowest BCUT2D eigenvalue weighted by molar-refractivity contribution is -0.137. The Morgan fingerprint density at radius 2 is 1.76 bits per heavy atom. The molecule has 3 atom stereocenters. The second-order valence-electron chi connectivity index (χ2n) is 6.87. The Labute approximate surface area is 143 Å². The average molecular weight is 361 g/mol. The molecule has 0 radical (unpaired) electrons. The van der Waals surface area contributed by atoms with E-state index in [2.05, 4.69) is 4.98 Å². The minimum absolute atomic E-state index is 0.212. The van der Waals surface area contributed by atoms with E-state index in [-0.39, 0.29) is 19.0 Å². The van der Waals surface area contributed by atoms with Crippen LogP contribution in [0.5, 0.6) is 0 Å². The van der Waals surface area contributed by atoms with E-state index in [4.69, 9.17) is 0 Å². The van der Waals surface area contributed by atoms with Crippen LogP contribution in [-0.2, 0) is 6.18 Å². The fourth-order valence-corrected chi connectivity index (χ4v) is 3.56. The molecule has 2 aliphatic rings. The number of rotatable bonds is 3. The number of pyridine rings is 1. The predicted molar refractivity (Wildman–Crippen MR) is 84.0 cm³/mol. The van der Waals surface area contributed by atoms with Gasteiger partial charge in [0.25, 0.3) is 0 Å². The lowest BCUT2D eigenvalue weighted by Gasteiger charge is -2.38. The van der Waals surface area contributed by atoms with Crippen molar-refractivity contribution in [1.29, 1.82) is 0 Å². The number of piperidine rings is 1. The summed E-state index contributed by atoms with van der Waals surface area (Å²) in [4.78, 5) is 7.46. The topological polar surface area (TPSA) is 80.1 Å². The predicted octanol–water partition coefficient (Wildman–Crippen LogP) is 0.325. The first kappa shape index (κ1) is 18.4. The molecule has 2 fully saturated rings. The normalized spacial score (nSPS) is 31.5. The number of alkyl halides is 3. The van der Waals surface area contributed by atoms with Crippen molar-refractivity contribution in [1.82, 2.24) is 9.88 Å². The van der Waals surface area contributed by atoms with Crippen LogP contribution in [0.25, 0.3) is 0 Å². The maximum Gasteiger partial charge on any atom is 0.417 e. The molecule has 0 saturated carbocycles. The molecule has 3 rings (SSSR count). The Morgan fingerprint density at radius 3 is 2.40 bits per heavy atom. The van der Waals surface area contributed by atoms with Crippen molar-refractivity contribution >= 4 is 5.69 Å². The lowest BCUT2D eigenvalue weighted by atomic mass is 10.00. The molecule has 6 nitrogen and oxygen atoms in total. The zero-order valence-electron chi connectivity index (χ0n) is 13.6. The highest BCUT2D eigenvalue weighted by molar-refractivity contribution is 5.47. The summed E-state index contributed by atoms with van der Waals surface area (Å²) in [7, 11) is 0. The first-order chi connectivity index (χ1) is 11.7. The number of aromatic nitrogens is 1. The molecule has 25 heavy (non-hydrogen) atoms. The Bertz CT molecular complexity index is 589. The molecule has 0 bridgehead atoms. The first-order valence-corrected chi connectivity index (χ1v) is 8.28. The second-order valence-corrected chi connectivity index (χ2v) is 6.87. The summed E-state index contributed by atoms with van der Waals surface area (Å²) in [6.45, 7) is 2.40. The molecule has 3 N–H and O–H groups in total. The summed E-state index contributed by atoms with van der Waals surface area (Å²) in [5.41, 5.74) is -0.309. The summed E-state index contributed by atoms with van der Waals surface area (Å²) in [6, 6.07) is 1.11. The highest BCUT2D eigenvalue weighted by atomic mass is 19.4. The molecule has 9 heteroatoms. The fraction of sp³-hybridized carbons (Fsp3) is 0.688. The van der Waals surface area contributed by atoms with E-state index in [1.165, 1.54) is 6.20 Å². The standard InChI is InChI=1S/C16H22F3N3O3/c17-16(18,19)11-3-12(5-20-4-11)22-2-1-10(7-22)6-21-8-13(23)15(25)14(24)9-21/h3-5,10,13-15,23-25H,1-2,6-9H2/t10-,13?,14?,15?/m0/s1. The SMILES string of the molecule is OC1CN(C[C@@H]2CCN(c3cncc(C(F)(F)F)c3)C2)CC(O)C1O. The summed E-state index contributed by atoms with van der Waals surface area (Å²) in [5, 5.41) is 29.1. The fourth-order valence-electron chi connectivity index (χ4n) is 3.56. The van der Waals surface area contributed by atoms with E-state index in [0.717, 1.165) is 18.7 Å². The molecule has 0 spiro atoms. The number of halogens is 3. The van der Waals surface area contributed by atoms with Gasteiger partial charge in [-0.25, -0.2) is 0 Å². The van der Waals surface area contributed by atoms with E-state index in [1.807, 2.05) is 9.80 Å². The third kappa shape index (κ3) is 4.22. The van der Waals surface area contributed by atoms with Gasteiger partial charge >= 0.3 is 6.18 Å². The van der Waals surface area contributed by atoms with Crippen molar-refractivity contribution in [2.75, 3.05) is 37.6 Å². The molecule has 2 saturated heterocycles. The molecule has 1 aromatic heterocycles. The second kappa shape index (κ2) is 7.06. The first-order valence-electron chi connectivity index (χ1n) is 8.28. The lowest BCUT2D eigenvalue weighted by Crippen LogP contribution is -2.56. The highest BCUT2D eigenvalue weighted by Crippen LogP contribution is 2.32. The Kier molecular flexibility index (Phi) is 5.19. The molecule has 0 aromatic carbocycles. The van der Waals surface area contributed by atoms with Gasteiger partial charge in [-0.3, -0.25) is 9.88 Å². The maximum atomic E-state index is 12.8. The van der Waals surface area contributed by atoms with Gasteiger partial charge in [0, 0.05) is 38.9 Å². The number of β-amino-alcohol motifs (C(OH)–C–C–N with tert-alkyl or cyclic N) is 2. The van der Waals surface area contributed by atoms with Gasteiger partial charge in [-0.05, 0) is 18.4 Å². The molecule has 2 aliphatic heterocycles. The summed E-state index contributed by atoms with van der Waals surface area (Å²) in [6.07, 6.45) is -4.47. The van der Waals surface area contributed by atoms with E-state index >= 15 is 0 Å². The van der Waals surface area contributed by atoms with Crippen molar-refractivity contribution in [2.24, 2.45) is 5.92 Å². The zero-order valence-corrected chi connectivity index (χ0v) is 13.6. The van der Waals surface area contributed by atoms with Crippen LogP contribution in [0.1, 0.15) is 12.0 Å². The monoisotopic (exact) mass is 361 g/mol. The van der Waals surface area contributed by atoms with Gasteiger partial charge in [0.05, 0.1) is 29.7 Å². The van der Waals surface area contributed by atoms with E-state index in [0.29, 0.717) is 25.3 Å². The number of likely N-dealkylation sites (tertiary alicyclic amines) is 1. The van der Waals surface area contributed by atoms with Gasteiger partial charge < -0.3 is 20.2 Å². The third-order valence-corrected chi connectivity index (χ3v) is 4.90. The van der Waals surface area contributed by atoms with Crippen molar-refractivity contribution < 1.29 is 28.5 Å². The van der Waals surface area contributed by atoms with Gasteiger partial charge in [0.1, 0.15) is 6.10 Å². The summed E-state index contributed by atoms with van der Waals surface area (Å²) >= 11 is 0. The number of nitrogens with zero attached hydrogens (tertiary/aromatic N) is 3. The van der Waals surface area contributed by atoms with Crippen LogP contribution < -0.4 is 4.90 Å². The molecule has 3 heterocycles. The van der Waals surface area contributed by atoms with Crippen LogP contribution in [-0.4, -0.2) is 76.2 Å². The molecule has 140 valence electrons. The van der Waals surface area contributed by atoms with Crippen molar-refractivity contribution in [3.63, 3.8) is 0 Å². The highest BCUT2D eigenvalue weighted by Gasteiger charge is 2.36. The Morgan fingerprint density at radius 1 is 1.08 bits per heavy atom. The van der Waals surface area contributed by atoms with Crippen molar-refractivity contribution in [3.8, 4) is 0 Å². The molecule has 0 amide bonds. The molecular formula is C16H22F3N3O3. The number of aliphatic hydroxyl groups excluding tert-OH is 3. The summed E-state index contributed by atoms with van der Waals surface area (Å²) < 4.78 is 38.4. The van der Waals surface area contributed by atoms with Gasteiger partial charge in [-0.2, -0.15) is 13.2 Å². The van der Waals surface area contributed by atoms with E-state index in [1.54, 1.807) is 0 Å². The van der Waals surface area contributed by atoms with Gasteiger partial charge in [-0.1, -0.05) is 0 Å². The Balaban J connectivity index is 1.59. The average Bonchev–Trinajstić information content (AvgIpc) is 3.00. The number of hydrogen-bond acceptors (Lipinski definition) is 6. The zero-order chi connectivity index (χ0) is 18.2. The Hall–Kier alpha value is -1.42. The minimum Gasteiger partial charge on any atom is -0.389 e. The largest absolute Gasteiger partial charge is 0.417 e. The van der Waals surface area contributed by atoms with Crippen molar-refractivity contribution in [3.05, 3.63) is 24.0 Å². The van der Waals surface area contributed by atoms with Crippen LogP contribution >= 0.6 is 0 Å². The maximum absolute atomic E-state index is 12.8. The van der Waals surface area contributed by atoms with Crippen LogP contribution in [0, 0.1) is 5.92 Å².